The average molecular weight is 882 g/mol. The van der Waals surface area contributed by atoms with Gasteiger partial charge in [0.2, 0.25) is 0 Å². The van der Waals surface area contributed by atoms with Gasteiger partial charge >= 0.3 is 0 Å². The smallest absolute Gasteiger partial charge is 0.258 e. The van der Waals surface area contributed by atoms with E-state index in [1.54, 1.807) is 0 Å². The van der Waals surface area contributed by atoms with Gasteiger partial charge in [0.15, 0.2) is 0 Å². The second kappa shape index (κ2) is 19.7. The van der Waals surface area contributed by atoms with E-state index >= 15 is 0 Å². The Morgan fingerprint density at radius 2 is 1.43 bits per heavy atom. The normalized spacial score (nSPS) is 14.9. The maximum Gasteiger partial charge on any atom is 0.258 e. The van der Waals surface area contributed by atoms with Crippen LogP contribution in [0.1, 0.15) is 69.8 Å². The Hall–Kier alpha value is -4.32. The first-order chi connectivity index (χ1) is 25.6. The summed E-state index contributed by atoms with van der Waals surface area (Å²) < 4.78 is 7.38. The summed E-state index contributed by atoms with van der Waals surface area (Å²) in [6.45, 7) is 10.6. The number of morpholine rings is 1. The van der Waals surface area contributed by atoms with E-state index in [2.05, 4.69) is 52.9 Å². The van der Waals surface area contributed by atoms with Crippen molar-refractivity contribution in [3.63, 3.8) is 0 Å². The number of rotatable bonds is 6. The zero-order chi connectivity index (χ0) is 36.3. The van der Waals surface area contributed by atoms with Gasteiger partial charge in [-0.25, -0.2) is 0 Å². The first-order valence-electron chi connectivity index (χ1n) is 18.8. The van der Waals surface area contributed by atoms with E-state index in [0.29, 0.717) is 30.8 Å². The van der Waals surface area contributed by atoms with Crippen molar-refractivity contribution in [2.45, 2.75) is 59.2 Å². The first kappa shape index (κ1) is 39.9. The van der Waals surface area contributed by atoms with E-state index in [9.17, 15) is 9.59 Å². The molecule has 5 aromatic rings. The third kappa shape index (κ3) is 9.62. The Morgan fingerprint density at radius 1 is 0.755 bits per heavy atom. The molecule has 7 nitrogen and oxygen atoms in total. The third-order valence-corrected chi connectivity index (χ3v) is 10.0. The Balaban J connectivity index is 0.000000482. The average Bonchev–Trinajstić information content (AvgIpc) is 3.61. The summed E-state index contributed by atoms with van der Waals surface area (Å²) in [5.74, 6) is 0.0129. The van der Waals surface area contributed by atoms with Gasteiger partial charge in [0, 0.05) is 82.2 Å². The Morgan fingerprint density at radius 3 is 2.15 bits per heavy atom. The Bertz CT molecular complexity index is 1920. The number of carbonyl (C=O) groups is 2. The number of hydrogen-bond acceptors (Lipinski definition) is 4. The standard InChI is InChI=1S/C38H34N3O2.C5H11NO.C2H6.Re/c42-37(39-24-22-29-15-7-8-16-30(29)27-39)33-20-10-9-19-32(33)36-25-34(35-21-11-12-23-40(35)36)38(43)41(31-17-5-2-6-18-31)26-28-13-3-1-4-14-28;1-6-2-4-7-5-3-6;1-2;/h1,3-10,13-20,25H,11-12,21-24,26-27H2;2-5H2,1H3;1-2H3;/q-1;;;. The fraction of sp³-hybridized carbons (Fsp3) is 0.333. The van der Waals surface area contributed by atoms with Crippen LogP contribution in [-0.2, 0) is 57.6 Å². The summed E-state index contributed by atoms with van der Waals surface area (Å²) in [7, 11) is 2.11. The number of anilines is 1. The minimum absolute atomic E-state index is 0. The van der Waals surface area contributed by atoms with Crippen molar-refractivity contribution >= 4 is 17.5 Å². The molecule has 1 aromatic heterocycles. The Labute approximate surface area is 329 Å². The molecule has 0 bridgehead atoms. The van der Waals surface area contributed by atoms with Crippen molar-refractivity contribution in [2.24, 2.45) is 0 Å². The van der Waals surface area contributed by atoms with Crippen molar-refractivity contribution in [1.82, 2.24) is 14.4 Å². The molecule has 1 fully saturated rings. The van der Waals surface area contributed by atoms with Crippen LogP contribution in [0.4, 0.5) is 5.69 Å². The molecule has 1 saturated heterocycles. The SMILES string of the molecule is CC.CN1CCOCC1.O=C(c1ccccc1-c1cc(C(=O)N(Cc2ccccc2)c2cc[c-]cc2)c2n1CCCC2)N1CCc2ccccc2C1.[Re]. The summed E-state index contributed by atoms with van der Waals surface area (Å²) >= 11 is 0. The monoisotopic (exact) mass is 882 g/mol. The number of hydrogen-bond donors (Lipinski definition) is 0. The van der Waals surface area contributed by atoms with Crippen molar-refractivity contribution in [3.05, 3.63) is 149 Å². The van der Waals surface area contributed by atoms with Crippen molar-refractivity contribution in [3.8, 4) is 11.3 Å². The van der Waals surface area contributed by atoms with Crippen LogP contribution < -0.4 is 4.90 Å². The maximum atomic E-state index is 14.5. The van der Waals surface area contributed by atoms with E-state index in [0.717, 1.165) is 86.7 Å². The van der Waals surface area contributed by atoms with Gasteiger partial charge in [0.05, 0.1) is 18.8 Å². The second-order valence-corrected chi connectivity index (χ2v) is 13.3. The van der Waals surface area contributed by atoms with E-state index < -0.39 is 0 Å². The van der Waals surface area contributed by atoms with Gasteiger partial charge in [-0.3, -0.25) is 9.59 Å². The molecule has 0 saturated carbocycles. The molecule has 0 unspecified atom stereocenters. The van der Waals surface area contributed by atoms with Gasteiger partial charge in [-0.1, -0.05) is 92.3 Å². The quantitative estimate of drug-likeness (QED) is 0.161. The molecule has 0 spiro atoms. The predicted octanol–water partition coefficient (Wildman–Crippen LogP) is 8.31. The van der Waals surface area contributed by atoms with Gasteiger partial charge in [-0.2, -0.15) is 18.2 Å². The molecule has 2 amide bonds. The fourth-order valence-corrected chi connectivity index (χ4v) is 7.22. The summed E-state index contributed by atoms with van der Waals surface area (Å²) in [4.78, 5) is 34.6. The maximum absolute atomic E-state index is 14.5. The van der Waals surface area contributed by atoms with E-state index in [-0.39, 0.29) is 32.2 Å². The molecule has 1 radical (unpaired) electrons. The zero-order valence-corrected chi connectivity index (χ0v) is 34.0. The third-order valence-electron chi connectivity index (χ3n) is 10.0. The summed E-state index contributed by atoms with van der Waals surface area (Å²) in [6, 6.07) is 39.1. The molecule has 277 valence electrons. The predicted molar refractivity (Wildman–Crippen MR) is 210 cm³/mol. The zero-order valence-electron chi connectivity index (χ0n) is 31.3. The van der Waals surface area contributed by atoms with Gasteiger partial charge in [-0.15, -0.1) is 12.1 Å². The summed E-state index contributed by atoms with van der Waals surface area (Å²) in [6.07, 6.45) is 3.78. The van der Waals surface area contributed by atoms with Crippen LogP contribution >= 0.6 is 0 Å². The second-order valence-electron chi connectivity index (χ2n) is 13.3. The molecule has 4 aromatic carbocycles. The number of aromatic nitrogens is 1. The molecule has 8 rings (SSSR count). The van der Waals surface area contributed by atoms with Crippen LogP contribution in [-0.4, -0.2) is 66.1 Å². The minimum atomic E-state index is -0.0246. The van der Waals surface area contributed by atoms with Crippen LogP contribution in [0.5, 0.6) is 0 Å². The molecule has 3 aliphatic heterocycles. The Kier molecular flexibility index (Phi) is 14.8. The van der Waals surface area contributed by atoms with Gasteiger partial charge in [0.1, 0.15) is 0 Å². The molecule has 8 heteroatoms. The van der Waals surface area contributed by atoms with Crippen LogP contribution in [0, 0.1) is 6.07 Å². The molecule has 4 heterocycles. The van der Waals surface area contributed by atoms with Gasteiger partial charge in [-0.05, 0) is 61.6 Å². The van der Waals surface area contributed by atoms with E-state index in [1.807, 2.05) is 103 Å². The molecule has 0 atom stereocenters. The van der Waals surface area contributed by atoms with Crippen LogP contribution in [0.2, 0.25) is 0 Å². The van der Waals surface area contributed by atoms with Gasteiger partial charge < -0.3 is 24.0 Å². The number of nitrogens with zero attached hydrogens (tertiary/aromatic N) is 4. The van der Waals surface area contributed by atoms with Crippen LogP contribution in [0.3, 0.4) is 0 Å². The number of amides is 2. The molecule has 3 aliphatic rings. The molecule has 0 N–H and O–H groups in total. The molecule has 0 aliphatic carbocycles. The van der Waals surface area contributed by atoms with Crippen molar-refractivity contribution < 1.29 is 34.7 Å². The van der Waals surface area contributed by atoms with Gasteiger partial charge in [0.25, 0.3) is 11.8 Å². The topological polar surface area (TPSA) is 58.0 Å². The number of likely N-dealkylation sites (N-methyl/N-ethyl adjacent to an activating group) is 1. The fourth-order valence-electron chi connectivity index (χ4n) is 7.22. The van der Waals surface area contributed by atoms with Crippen LogP contribution in [0.15, 0.2) is 109 Å². The summed E-state index contributed by atoms with van der Waals surface area (Å²) in [5.41, 5.74) is 8.73. The number of benzene rings is 4. The minimum Gasteiger partial charge on any atom is -0.379 e. The number of carbonyl (C=O) groups excluding carboxylic acids is 2. The van der Waals surface area contributed by atoms with E-state index in [4.69, 9.17) is 4.74 Å². The van der Waals surface area contributed by atoms with Crippen LogP contribution in [0.25, 0.3) is 11.3 Å². The number of fused-ring (bicyclic) bond motifs is 2. The first-order valence-corrected chi connectivity index (χ1v) is 18.8. The molecular formula is C45H51N4O3Re-. The number of ether oxygens (including phenoxy) is 1. The molecule has 53 heavy (non-hydrogen) atoms. The van der Waals surface area contributed by atoms with Crippen molar-refractivity contribution in [1.29, 1.82) is 0 Å². The largest absolute Gasteiger partial charge is 0.379 e. The summed E-state index contributed by atoms with van der Waals surface area (Å²) in [5, 5.41) is 0. The van der Waals surface area contributed by atoms with Crippen molar-refractivity contribution in [2.75, 3.05) is 44.8 Å². The molecular weight excluding hydrogens is 831 g/mol. The van der Waals surface area contributed by atoms with E-state index in [1.165, 1.54) is 11.1 Å².